The van der Waals surface area contributed by atoms with Crippen molar-refractivity contribution in [3.8, 4) is 0 Å². The van der Waals surface area contributed by atoms with E-state index in [1.165, 1.54) is 24.0 Å². The van der Waals surface area contributed by atoms with Crippen LogP contribution in [0.1, 0.15) is 49.8 Å². The van der Waals surface area contributed by atoms with Crippen LogP contribution in [0.2, 0.25) is 0 Å². The number of aryl methyl sites for hydroxylation is 1. The van der Waals surface area contributed by atoms with Crippen LogP contribution in [-0.2, 0) is 0 Å². The smallest absolute Gasteiger partial charge is 0.0580 e. The Balaban J connectivity index is 1.88. The predicted molar refractivity (Wildman–Crippen MR) is 75.6 cm³/mol. The Bertz CT molecular complexity index is 377. The first-order valence-corrected chi connectivity index (χ1v) is 7.15. The van der Waals surface area contributed by atoms with Gasteiger partial charge in [0.2, 0.25) is 0 Å². The van der Waals surface area contributed by atoms with Crippen molar-refractivity contribution in [3.63, 3.8) is 0 Å². The van der Waals surface area contributed by atoms with Gasteiger partial charge in [-0.1, -0.05) is 37.1 Å². The fourth-order valence-corrected chi connectivity index (χ4v) is 2.94. The van der Waals surface area contributed by atoms with Crippen molar-refractivity contribution >= 4 is 0 Å². The van der Waals surface area contributed by atoms with E-state index in [9.17, 15) is 5.11 Å². The van der Waals surface area contributed by atoms with Gasteiger partial charge in [0.15, 0.2) is 0 Å². The molecule has 100 valence electrons. The number of rotatable bonds is 4. The van der Waals surface area contributed by atoms with Crippen LogP contribution in [0.4, 0.5) is 0 Å². The molecule has 1 aliphatic rings. The first-order chi connectivity index (χ1) is 8.68. The molecule has 0 bridgehead atoms. The SMILES string of the molecule is Cc1ccccc1[C@H](C)NC[C@H]1CCCC[C@@H]1O. The molecule has 0 unspecified atom stereocenters. The fourth-order valence-electron chi connectivity index (χ4n) is 2.94. The minimum atomic E-state index is -0.102. The van der Waals surface area contributed by atoms with Gasteiger partial charge in [0.1, 0.15) is 0 Å². The van der Waals surface area contributed by atoms with Crippen LogP contribution < -0.4 is 5.32 Å². The summed E-state index contributed by atoms with van der Waals surface area (Å²) in [5.74, 6) is 0.435. The summed E-state index contributed by atoms with van der Waals surface area (Å²) >= 11 is 0. The van der Waals surface area contributed by atoms with E-state index >= 15 is 0 Å². The molecular weight excluding hydrogens is 222 g/mol. The van der Waals surface area contributed by atoms with Crippen molar-refractivity contribution in [1.29, 1.82) is 0 Å². The van der Waals surface area contributed by atoms with E-state index in [-0.39, 0.29) is 6.10 Å². The molecule has 1 aromatic rings. The number of benzene rings is 1. The van der Waals surface area contributed by atoms with E-state index in [0.29, 0.717) is 12.0 Å². The Morgan fingerprint density at radius 2 is 2.00 bits per heavy atom. The van der Waals surface area contributed by atoms with E-state index in [1.807, 2.05) is 0 Å². The zero-order valence-corrected chi connectivity index (χ0v) is 11.5. The van der Waals surface area contributed by atoms with Crippen LogP contribution in [0.5, 0.6) is 0 Å². The first kappa shape index (κ1) is 13.6. The Morgan fingerprint density at radius 3 is 2.72 bits per heavy atom. The fraction of sp³-hybridized carbons (Fsp3) is 0.625. The average Bonchev–Trinajstić information content (AvgIpc) is 2.38. The van der Waals surface area contributed by atoms with E-state index in [2.05, 4.69) is 43.4 Å². The molecular formula is C16H25NO. The summed E-state index contributed by atoms with van der Waals surface area (Å²) in [6, 6.07) is 8.87. The molecule has 0 saturated heterocycles. The summed E-state index contributed by atoms with van der Waals surface area (Å²) in [6.45, 7) is 5.29. The van der Waals surface area contributed by atoms with Gasteiger partial charge in [-0.25, -0.2) is 0 Å². The Kier molecular flexibility index (Phi) is 4.79. The van der Waals surface area contributed by atoms with Crippen molar-refractivity contribution in [1.82, 2.24) is 5.32 Å². The van der Waals surface area contributed by atoms with Crippen LogP contribution in [0.15, 0.2) is 24.3 Å². The van der Waals surface area contributed by atoms with Crippen molar-refractivity contribution < 1.29 is 5.11 Å². The Morgan fingerprint density at radius 1 is 1.28 bits per heavy atom. The summed E-state index contributed by atoms with van der Waals surface area (Å²) < 4.78 is 0. The molecule has 2 rings (SSSR count). The topological polar surface area (TPSA) is 32.3 Å². The third kappa shape index (κ3) is 3.33. The summed E-state index contributed by atoms with van der Waals surface area (Å²) in [5, 5.41) is 13.5. The molecule has 3 atom stereocenters. The summed E-state index contributed by atoms with van der Waals surface area (Å²) in [5.41, 5.74) is 2.70. The third-order valence-corrected chi connectivity index (χ3v) is 4.21. The van der Waals surface area contributed by atoms with Crippen LogP contribution >= 0.6 is 0 Å². The van der Waals surface area contributed by atoms with Crippen molar-refractivity contribution in [2.75, 3.05) is 6.54 Å². The molecule has 1 fully saturated rings. The molecule has 0 aliphatic heterocycles. The number of aliphatic hydroxyl groups excluding tert-OH is 1. The van der Waals surface area contributed by atoms with Gasteiger partial charge in [-0.05, 0) is 43.7 Å². The van der Waals surface area contributed by atoms with E-state index < -0.39 is 0 Å². The summed E-state index contributed by atoms with van der Waals surface area (Å²) in [4.78, 5) is 0. The van der Waals surface area contributed by atoms with Crippen LogP contribution in [0.25, 0.3) is 0 Å². The van der Waals surface area contributed by atoms with Gasteiger partial charge < -0.3 is 10.4 Å². The second-order valence-corrected chi connectivity index (χ2v) is 5.60. The van der Waals surface area contributed by atoms with Gasteiger partial charge in [-0.3, -0.25) is 0 Å². The second kappa shape index (κ2) is 6.35. The first-order valence-electron chi connectivity index (χ1n) is 7.15. The zero-order chi connectivity index (χ0) is 13.0. The maximum absolute atomic E-state index is 9.97. The van der Waals surface area contributed by atoms with E-state index in [1.54, 1.807) is 0 Å². The molecule has 0 radical (unpaired) electrons. The van der Waals surface area contributed by atoms with Crippen molar-refractivity contribution in [2.45, 2.75) is 51.7 Å². The van der Waals surface area contributed by atoms with Crippen molar-refractivity contribution in [3.05, 3.63) is 35.4 Å². The number of hydrogen-bond acceptors (Lipinski definition) is 2. The molecule has 2 N–H and O–H groups in total. The van der Waals surface area contributed by atoms with Crippen LogP contribution in [0, 0.1) is 12.8 Å². The second-order valence-electron chi connectivity index (χ2n) is 5.60. The Hall–Kier alpha value is -0.860. The zero-order valence-electron chi connectivity index (χ0n) is 11.5. The molecule has 0 amide bonds. The standard InChI is InChI=1S/C16H25NO/c1-12-7-3-5-9-15(12)13(2)17-11-14-8-4-6-10-16(14)18/h3,5,7,9,13-14,16-18H,4,6,8,10-11H2,1-2H3/t13-,14+,16-/m0/s1. The van der Waals surface area contributed by atoms with E-state index in [0.717, 1.165) is 19.4 Å². The van der Waals surface area contributed by atoms with Gasteiger partial charge in [0.25, 0.3) is 0 Å². The minimum Gasteiger partial charge on any atom is -0.393 e. The van der Waals surface area contributed by atoms with Gasteiger partial charge >= 0.3 is 0 Å². The lowest BCUT2D eigenvalue weighted by Crippen LogP contribution is -2.35. The highest BCUT2D eigenvalue weighted by Gasteiger charge is 2.23. The van der Waals surface area contributed by atoms with Gasteiger partial charge in [0, 0.05) is 12.6 Å². The molecule has 2 nitrogen and oxygen atoms in total. The molecule has 18 heavy (non-hydrogen) atoms. The molecule has 0 aromatic heterocycles. The van der Waals surface area contributed by atoms with Crippen LogP contribution in [0.3, 0.4) is 0 Å². The largest absolute Gasteiger partial charge is 0.393 e. The molecule has 1 saturated carbocycles. The monoisotopic (exact) mass is 247 g/mol. The lowest BCUT2D eigenvalue weighted by Gasteiger charge is -2.29. The lowest BCUT2D eigenvalue weighted by molar-refractivity contribution is 0.0684. The lowest BCUT2D eigenvalue weighted by atomic mass is 9.86. The normalized spacial score (nSPS) is 25.9. The van der Waals surface area contributed by atoms with E-state index in [4.69, 9.17) is 0 Å². The minimum absolute atomic E-state index is 0.102. The van der Waals surface area contributed by atoms with Crippen LogP contribution in [-0.4, -0.2) is 17.8 Å². The highest BCUT2D eigenvalue weighted by molar-refractivity contribution is 5.28. The maximum atomic E-state index is 9.97. The number of aliphatic hydroxyl groups is 1. The highest BCUT2D eigenvalue weighted by Crippen LogP contribution is 2.25. The predicted octanol–water partition coefficient (Wildman–Crippen LogP) is 3.20. The molecule has 2 heteroatoms. The van der Waals surface area contributed by atoms with Gasteiger partial charge in [0.05, 0.1) is 6.10 Å². The summed E-state index contributed by atoms with van der Waals surface area (Å²) in [7, 11) is 0. The molecule has 0 spiro atoms. The third-order valence-electron chi connectivity index (χ3n) is 4.21. The molecule has 1 aromatic carbocycles. The van der Waals surface area contributed by atoms with Gasteiger partial charge in [-0.15, -0.1) is 0 Å². The maximum Gasteiger partial charge on any atom is 0.0580 e. The average molecular weight is 247 g/mol. The highest BCUT2D eigenvalue weighted by atomic mass is 16.3. The molecule has 0 heterocycles. The number of nitrogens with one attached hydrogen (secondary N) is 1. The number of hydrogen-bond donors (Lipinski definition) is 2. The quantitative estimate of drug-likeness (QED) is 0.856. The van der Waals surface area contributed by atoms with Crippen molar-refractivity contribution in [2.24, 2.45) is 5.92 Å². The summed E-state index contributed by atoms with van der Waals surface area (Å²) in [6.07, 6.45) is 4.49. The molecule has 1 aliphatic carbocycles. The van der Waals surface area contributed by atoms with Gasteiger partial charge in [-0.2, -0.15) is 0 Å². The Labute approximate surface area is 110 Å².